The molecule has 1 fully saturated rings. The number of likely N-dealkylation sites (tertiary alicyclic amines) is 1. The molecule has 82 valence electrons. The first-order chi connectivity index (χ1) is 7.19. The van der Waals surface area contributed by atoms with Gasteiger partial charge in [0.2, 0.25) is 0 Å². The summed E-state index contributed by atoms with van der Waals surface area (Å²) in [5.41, 5.74) is 1.70. The molecule has 0 saturated carbocycles. The quantitative estimate of drug-likeness (QED) is 0.816. The molecule has 15 heavy (non-hydrogen) atoms. The van der Waals surface area contributed by atoms with Crippen molar-refractivity contribution in [2.75, 3.05) is 19.7 Å². The fraction of sp³-hybridized carbons (Fsp3) is 0.500. The van der Waals surface area contributed by atoms with Crippen molar-refractivity contribution in [1.82, 2.24) is 4.90 Å². The summed E-state index contributed by atoms with van der Waals surface area (Å²) in [5.74, 6) is 0.284. The van der Waals surface area contributed by atoms with E-state index in [0.717, 1.165) is 25.2 Å². The predicted octanol–water partition coefficient (Wildman–Crippen LogP) is 1.56. The molecule has 1 saturated heterocycles. The van der Waals surface area contributed by atoms with Crippen molar-refractivity contribution in [1.29, 1.82) is 0 Å². The van der Waals surface area contributed by atoms with Crippen molar-refractivity contribution in [3.05, 3.63) is 35.1 Å². The highest BCUT2D eigenvalue weighted by molar-refractivity contribution is 5.23. The van der Waals surface area contributed by atoms with Gasteiger partial charge in [0.25, 0.3) is 0 Å². The van der Waals surface area contributed by atoms with E-state index in [-0.39, 0.29) is 12.4 Å². The Morgan fingerprint density at radius 3 is 2.80 bits per heavy atom. The number of halogens is 1. The third-order valence-electron chi connectivity index (χ3n) is 2.93. The van der Waals surface area contributed by atoms with E-state index in [1.807, 2.05) is 12.1 Å². The number of aryl methyl sites for hydroxylation is 1. The van der Waals surface area contributed by atoms with Gasteiger partial charge in [-0.2, -0.15) is 0 Å². The van der Waals surface area contributed by atoms with Crippen LogP contribution in [0.4, 0.5) is 4.39 Å². The summed E-state index contributed by atoms with van der Waals surface area (Å²) >= 11 is 0. The van der Waals surface area contributed by atoms with E-state index in [2.05, 4.69) is 4.90 Å². The molecule has 3 heteroatoms. The van der Waals surface area contributed by atoms with Crippen LogP contribution in [0.1, 0.15) is 11.1 Å². The Balaban J connectivity index is 1.92. The maximum absolute atomic E-state index is 13.2. The third kappa shape index (κ3) is 2.36. The first kappa shape index (κ1) is 10.6. The summed E-state index contributed by atoms with van der Waals surface area (Å²) < 4.78 is 13.2. The first-order valence-electron chi connectivity index (χ1n) is 5.27. The maximum Gasteiger partial charge on any atom is 0.126 e. The lowest BCUT2D eigenvalue weighted by Crippen LogP contribution is -2.47. The number of benzene rings is 1. The van der Waals surface area contributed by atoms with Crippen LogP contribution in [0.25, 0.3) is 0 Å². The van der Waals surface area contributed by atoms with Gasteiger partial charge in [-0.15, -0.1) is 0 Å². The van der Waals surface area contributed by atoms with Crippen LogP contribution in [0.5, 0.6) is 0 Å². The average Bonchev–Trinajstić information content (AvgIpc) is 2.16. The number of hydrogen-bond donors (Lipinski definition) is 1. The Bertz CT molecular complexity index is 347. The molecule has 2 nitrogen and oxygen atoms in total. The molecule has 1 N–H and O–H groups in total. The van der Waals surface area contributed by atoms with Crippen molar-refractivity contribution in [2.24, 2.45) is 5.92 Å². The Morgan fingerprint density at radius 1 is 1.47 bits per heavy atom. The van der Waals surface area contributed by atoms with Gasteiger partial charge in [0.05, 0.1) is 0 Å². The fourth-order valence-electron chi connectivity index (χ4n) is 1.91. The van der Waals surface area contributed by atoms with Crippen LogP contribution in [0.2, 0.25) is 0 Å². The lowest BCUT2D eigenvalue weighted by atomic mass is 10.0. The van der Waals surface area contributed by atoms with Crippen LogP contribution in [0.3, 0.4) is 0 Å². The summed E-state index contributed by atoms with van der Waals surface area (Å²) in [5, 5.41) is 8.86. The zero-order valence-corrected chi connectivity index (χ0v) is 8.91. The van der Waals surface area contributed by atoms with Crippen LogP contribution < -0.4 is 0 Å². The summed E-state index contributed by atoms with van der Waals surface area (Å²) in [6.07, 6.45) is 0. The Kier molecular flexibility index (Phi) is 3.03. The van der Waals surface area contributed by atoms with Gasteiger partial charge in [-0.3, -0.25) is 4.90 Å². The highest BCUT2D eigenvalue weighted by atomic mass is 19.1. The minimum absolute atomic E-state index is 0.133. The molecular formula is C12H16FNO. The largest absolute Gasteiger partial charge is 0.396 e. The lowest BCUT2D eigenvalue weighted by Gasteiger charge is -2.38. The van der Waals surface area contributed by atoms with Crippen LogP contribution in [-0.4, -0.2) is 29.7 Å². The molecule has 1 aromatic rings. The SMILES string of the molecule is Cc1ccc(CN2CC(CO)C2)cc1F. The Labute approximate surface area is 89.3 Å². The van der Waals surface area contributed by atoms with Gasteiger partial charge in [0.1, 0.15) is 5.82 Å². The van der Waals surface area contributed by atoms with Gasteiger partial charge in [-0.1, -0.05) is 12.1 Å². The first-order valence-corrected chi connectivity index (χ1v) is 5.27. The molecule has 0 atom stereocenters. The second kappa shape index (κ2) is 4.29. The molecular weight excluding hydrogens is 193 g/mol. The minimum Gasteiger partial charge on any atom is -0.396 e. The smallest absolute Gasteiger partial charge is 0.126 e. The number of hydrogen-bond acceptors (Lipinski definition) is 2. The predicted molar refractivity (Wildman–Crippen MR) is 57.0 cm³/mol. The van der Waals surface area contributed by atoms with Crippen LogP contribution in [0, 0.1) is 18.7 Å². The number of aliphatic hydroxyl groups is 1. The van der Waals surface area contributed by atoms with E-state index in [0.29, 0.717) is 11.5 Å². The molecule has 0 unspecified atom stereocenters. The Morgan fingerprint density at radius 2 is 2.20 bits per heavy atom. The van der Waals surface area contributed by atoms with E-state index in [4.69, 9.17) is 5.11 Å². The monoisotopic (exact) mass is 209 g/mol. The van der Waals surface area contributed by atoms with Crippen molar-refractivity contribution in [3.8, 4) is 0 Å². The molecule has 0 aliphatic carbocycles. The van der Waals surface area contributed by atoms with E-state index < -0.39 is 0 Å². The Hall–Kier alpha value is -0.930. The molecule has 1 aromatic carbocycles. The summed E-state index contributed by atoms with van der Waals surface area (Å²) in [4.78, 5) is 2.21. The van der Waals surface area contributed by atoms with E-state index >= 15 is 0 Å². The molecule has 0 aromatic heterocycles. The lowest BCUT2D eigenvalue weighted by molar-refractivity contribution is 0.0478. The van der Waals surface area contributed by atoms with Crippen LogP contribution in [0.15, 0.2) is 18.2 Å². The molecule has 0 spiro atoms. The van der Waals surface area contributed by atoms with Gasteiger partial charge in [-0.25, -0.2) is 4.39 Å². The third-order valence-corrected chi connectivity index (χ3v) is 2.93. The molecule has 0 amide bonds. The van der Waals surface area contributed by atoms with Crippen LogP contribution >= 0.6 is 0 Å². The van der Waals surface area contributed by atoms with Crippen LogP contribution in [-0.2, 0) is 6.54 Å². The van der Waals surface area contributed by atoms with Gasteiger partial charge in [0.15, 0.2) is 0 Å². The summed E-state index contributed by atoms with van der Waals surface area (Å²) in [6.45, 7) is 4.66. The molecule has 0 bridgehead atoms. The van der Waals surface area contributed by atoms with E-state index in [1.165, 1.54) is 0 Å². The van der Waals surface area contributed by atoms with Gasteiger partial charge >= 0.3 is 0 Å². The normalized spacial score (nSPS) is 17.8. The zero-order chi connectivity index (χ0) is 10.8. The van der Waals surface area contributed by atoms with Gasteiger partial charge in [-0.05, 0) is 24.1 Å². The number of aliphatic hydroxyl groups excluding tert-OH is 1. The summed E-state index contributed by atoms with van der Waals surface area (Å²) in [7, 11) is 0. The van der Waals surface area contributed by atoms with Crippen molar-refractivity contribution in [3.63, 3.8) is 0 Å². The second-order valence-corrected chi connectivity index (χ2v) is 4.33. The maximum atomic E-state index is 13.2. The van der Waals surface area contributed by atoms with Gasteiger partial charge < -0.3 is 5.11 Å². The highest BCUT2D eigenvalue weighted by Gasteiger charge is 2.25. The van der Waals surface area contributed by atoms with Crippen molar-refractivity contribution in [2.45, 2.75) is 13.5 Å². The average molecular weight is 209 g/mol. The molecule has 1 aliphatic heterocycles. The van der Waals surface area contributed by atoms with E-state index in [1.54, 1.807) is 13.0 Å². The van der Waals surface area contributed by atoms with Crippen molar-refractivity contribution < 1.29 is 9.50 Å². The zero-order valence-electron chi connectivity index (χ0n) is 8.91. The van der Waals surface area contributed by atoms with Crippen molar-refractivity contribution >= 4 is 0 Å². The topological polar surface area (TPSA) is 23.5 Å². The fourth-order valence-corrected chi connectivity index (χ4v) is 1.91. The standard InChI is InChI=1S/C12H16FNO/c1-9-2-3-10(4-12(9)13)5-14-6-11(7-14)8-15/h2-4,11,15H,5-8H2,1H3. The number of rotatable bonds is 3. The molecule has 1 aliphatic rings. The van der Waals surface area contributed by atoms with E-state index in [9.17, 15) is 4.39 Å². The molecule has 2 rings (SSSR count). The molecule has 0 radical (unpaired) electrons. The molecule has 1 heterocycles. The summed E-state index contributed by atoms with van der Waals surface area (Å²) in [6, 6.07) is 5.38. The second-order valence-electron chi connectivity index (χ2n) is 4.33. The number of nitrogens with zero attached hydrogens (tertiary/aromatic N) is 1. The van der Waals surface area contributed by atoms with Gasteiger partial charge in [0, 0.05) is 32.2 Å². The minimum atomic E-state index is -0.133. The highest BCUT2D eigenvalue weighted by Crippen LogP contribution is 2.19.